The van der Waals surface area contributed by atoms with Gasteiger partial charge in [0.15, 0.2) is 11.5 Å². The Bertz CT molecular complexity index is 602. The zero-order valence-electron chi connectivity index (χ0n) is 10.5. The molecule has 0 radical (unpaired) electrons. The Morgan fingerprint density at radius 2 is 2.26 bits per heavy atom. The Kier molecular flexibility index (Phi) is 3.16. The molecule has 0 bridgehead atoms. The van der Waals surface area contributed by atoms with Crippen LogP contribution in [0.15, 0.2) is 18.3 Å². The van der Waals surface area contributed by atoms with E-state index in [1.807, 2.05) is 0 Å². The second-order valence-electron chi connectivity index (χ2n) is 4.89. The van der Waals surface area contributed by atoms with Crippen molar-refractivity contribution in [2.75, 3.05) is 0 Å². The average molecular weight is 260 g/mol. The lowest BCUT2D eigenvalue weighted by molar-refractivity contribution is 0.0698. The van der Waals surface area contributed by atoms with Crippen molar-refractivity contribution in [1.29, 1.82) is 0 Å². The maximum Gasteiger partial charge on any atom is 0.339 e. The molecule has 6 nitrogen and oxygen atoms in total. The van der Waals surface area contributed by atoms with Crippen molar-refractivity contribution in [1.82, 2.24) is 19.9 Å². The van der Waals surface area contributed by atoms with Crippen LogP contribution in [0.1, 0.15) is 41.9 Å². The number of carbonyl (C=O) groups is 1. The topological polar surface area (TPSA) is 79.5 Å². The first-order valence-corrected chi connectivity index (χ1v) is 6.55. The molecule has 2 N–H and O–H groups in total. The number of rotatable bonds is 4. The van der Waals surface area contributed by atoms with Gasteiger partial charge in [-0.2, -0.15) is 0 Å². The predicted octanol–water partition coefficient (Wildman–Crippen LogP) is 1.46. The summed E-state index contributed by atoms with van der Waals surface area (Å²) in [7, 11) is 0. The van der Waals surface area contributed by atoms with E-state index in [0.29, 0.717) is 24.1 Å². The number of fused-ring (bicyclic) bond motifs is 1. The third-order valence-electron chi connectivity index (χ3n) is 3.54. The lowest BCUT2D eigenvalue weighted by Gasteiger charge is -2.08. The monoisotopic (exact) mass is 260 g/mol. The van der Waals surface area contributed by atoms with Gasteiger partial charge in [-0.05, 0) is 25.0 Å². The Balaban J connectivity index is 1.80. The fourth-order valence-corrected chi connectivity index (χ4v) is 2.56. The predicted molar refractivity (Wildman–Crippen MR) is 69.0 cm³/mol. The molecule has 1 saturated carbocycles. The number of aromatic nitrogens is 3. The molecule has 0 saturated heterocycles. The average Bonchev–Trinajstić information content (AvgIpc) is 3.04. The molecular formula is C13H16N4O2. The minimum absolute atomic E-state index is 0.183. The van der Waals surface area contributed by atoms with Gasteiger partial charge >= 0.3 is 5.97 Å². The molecule has 2 aromatic rings. The van der Waals surface area contributed by atoms with Crippen molar-refractivity contribution < 1.29 is 9.90 Å². The Labute approximate surface area is 110 Å². The smallest absolute Gasteiger partial charge is 0.339 e. The highest BCUT2D eigenvalue weighted by atomic mass is 16.4. The first-order chi connectivity index (χ1) is 9.24. The van der Waals surface area contributed by atoms with Gasteiger partial charge in [-0.25, -0.2) is 14.3 Å². The van der Waals surface area contributed by atoms with Crippen molar-refractivity contribution in [3.05, 3.63) is 29.7 Å². The summed E-state index contributed by atoms with van der Waals surface area (Å²) in [4.78, 5) is 15.4. The molecule has 0 amide bonds. The van der Waals surface area contributed by atoms with Gasteiger partial charge in [-0.15, -0.1) is 5.10 Å². The van der Waals surface area contributed by atoms with Crippen LogP contribution in [0.3, 0.4) is 0 Å². The number of nitrogens with zero attached hydrogens (tertiary/aromatic N) is 3. The van der Waals surface area contributed by atoms with E-state index >= 15 is 0 Å². The van der Waals surface area contributed by atoms with Crippen molar-refractivity contribution in [2.24, 2.45) is 0 Å². The van der Waals surface area contributed by atoms with Crippen LogP contribution in [-0.2, 0) is 6.54 Å². The van der Waals surface area contributed by atoms with Gasteiger partial charge < -0.3 is 10.4 Å². The Hall–Kier alpha value is -1.95. The number of nitrogens with one attached hydrogen (secondary N) is 1. The fraction of sp³-hybridized carbons (Fsp3) is 0.462. The summed E-state index contributed by atoms with van der Waals surface area (Å²) < 4.78 is 1.52. The van der Waals surface area contributed by atoms with Gasteiger partial charge in [-0.1, -0.05) is 12.8 Å². The second kappa shape index (κ2) is 4.97. The summed E-state index contributed by atoms with van der Waals surface area (Å²) in [5.74, 6) is -0.339. The largest absolute Gasteiger partial charge is 0.478 e. The van der Waals surface area contributed by atoms with Crippen LogP contribution in [0.5, 0.6) is 0 Å². The molecule has 1 aliphatic rings. The van der Waals surface area contributed by atoms with Crippen LogP contribution in [0.2, 0.25) is 0 Å². The maximum absolute atomic E-state index is 11.1. The summed E-state index contributed by atoms with van der Waals surface area (Å²) in [6.07, 6.45) is 6.67. The van der Waals surface area contributed by atoms with E-state index in [0.717, 1.165) is 0 Å². The number of hydrogen-bond donors (Lipinski definition) is 2. The summed E-state index contributed by atoms with van der Waals surface area (Å²) in [5, 5.41) is 16.8. The minimum atomic E-state index is -0.978. The van der Waals surface area contributed by atoms with E-state index in [9.17, 15) is 4.79 Å². The normalized spacial score (nSPS) is 16.2. The lowest BCUT2D eigenvalue weighted by Crippen LogP contribution is -2.25. The van der Waals surface area contributed by atoms with Gasteiger partial charge in [0.05, 0.1) is 6.54 Å². The van der Waals surface area contributed by atoms with Crippen LogP contribution in [0.4, 0.5) is 0 Å². The van der Waals surface area contributed by atoms with Crippen LogP contribution in [-0.4, -0.2) is 31.7 Å². The Morgan fingerprint density at radius 3 is 3.00 bits per heavy atom. The molecule has 0 atom stereocenters. The molecule has 2 heterocycles. The molecule has 2 aromatic heterocycles. The van der Waals surface area contributed by atoms with Gasteiger partial charge in [-0.3, -0.25) is 0 Å². The first kappa shape index (κ1) is 12.1. The van der Waals surface area contributed by atoms with E-state index in [1.54, 1.807) is 18.3 Å². The van der Waals surface area contributed by atoms with E-state index < -0.39 is 5.97 Å². The van der Waals surface area contributed by atoms with E-state index in [2.05, 4.69) is 15.4 Å². The standard InChI is InChI=1S/C13H16N4O2/c18-13(19)10-6-3-7-17-12(10)15-11(16-17)8-14-9-4-1-2-5-9/h3,6-7,9,14H,1-2,4-5,8H2,(H,18,19). The van der Waals surface area contributed by atoms with E-state index in [4.69, 9.17) is 5.11 Å². The summed E-state index contributed by atoms with van der Waals surface area (Å²) >= 11 is 0. The van der Waals surface area contributed by atoms with Crippen LogP contribution in [0, 0.1) is 0 Å². The third-order valence-corrected chi connectivity index (χ3v) is 3.54. The quantitative estimate of drug-likeness (QED) is 0.870. The van der Waals surface area contributed by atoms with Crippen LogP contribution >= 0.6 is 0 Å². The number of hydrogen-bond acceptors (Lipinski definition) is 4. The maximum atomic E-state index is 11.1. The summed E-state index contributed by atoms with van der Waals surface area (Å²) in [6.45, 7) is 0.589. The highest BCUT2D eigenvalue weighted by Crippen LogP contribution is 2.18. The molecule has 0 unspecified atom stereocenters. The highest BCUT2D eigenvalue weighted by Gasteiger charge is 2.16. The molecule has 6 heteroatoms. The highest BCUT2D eigenvalue weighted by molar-refractivity contribution is 5.94. The summed E-state index contributed by atoms with van der Waals surface area (Å²) in [5.41, 5.74) is 0.584. The number of aromatic carboxylic acids is 1. The number of carboxylic acids is 1. The van der Waals surface area contributed by atoms with Crippen molar-refractivity contribution in [2.45, 2.75) is 38.3 Å². The Morgan fingerprint density at radius 1 is 1.47 bits per heavy atom. The van der Waals surface area contributed by atoms with Crippen LogP contribution in [0.25, 0.3) is 5.65 Å². The minimum Gasteiger partial charge on any atom is -0.478 e. The van der Waals surface area contributed by atoms with E-state index in [-0.39, 0.29) is 5.56 Å². The van der Waals surface area contributed by atoms with Gasteiger partial charge in [0.1, 0.15) is 5.56 Å². The fourth-order valence-electron chi connectivity index (χ4n) is 2.56. The molecule has 1 aliphatic carbocycles. The molecular weight excluding hydrogens is 244 g/mol. The van der Waals surface area contributed by atoms with Crippen molar-refractivity contribution >= 4 is 11.6 Å². The first-order valence-electron chi connectivity index (χ1n) is 6.55. The molecule has 100 valence electrons. The zero-order valence-corrected chi connectivity index (χ0v) is 10.5. The molecule has 0 aliphatic heterocycles. The van der Waals surface area contributed by atoms with Crippen molar-refractivity contribution in [3.8, 4) is 0 Å². The summed E-state index contributed by atoms with van der Waals surface area (Å²) in [6, 6.07) is 3.75. The zero-order chi connectivity index (χ0) is 13.2. The van der Waals surface area contributed by atoms with Gasteiger partial charge in [0, 0.05) is 12.2 Å². The van der Waals surface area contributed by atoms with Crippen LogP contribution < -0.4 is 5.32 Å². The molecule has 3 rings (SSSR count). The molecule has 1 fully saturated rings. The van der Waals surface area contributed by atoms with E-state index in [1.165, 1.54) is 30.2 Å². The van der Waals surface area contributed by atoms with Crippen molar-refractivity contribution in [3.63, 3.8) is 0 Å². The lowest BCUT2D eigenvalue weighted by atomic mass is 10.2. The number of pyridine rings is 1. The third kappa shape index (κ3) is 2.44. The molecule has 19 heavy (non-hydrogen) atoms. The SMILES string of the molecule is O=C(O)c1cccn2nc(CNC3CCCC3)nc12. The number of carboxylic acid groups (broad SMARTS) is 1. The second-order valence-corrected chi connectivity index (χ2v) is 4.89. The van der Waals surface area contributed by atoms with Gasteiger partial charge in [0.25, 0.3) is 0 Å². The molecule has 0 spiro atoms. The molecule has 0 aromatic carbocycles. The van der Waals surface area contributed by atoms with Gasteiger partial charge in [0.2, 0.25) is 0 Å².